The van der Waals surface area contributed by atoms with Crippen LogP contribution in [-0.2, 0) is 4.74 Å². The molecule has 2 aromatic carbocycles. The SMILES string of the molecule is S=C(NC[C@@H]1CCCO1)Nc1ccccc1Sc1ccc(Cl)cc1. The van der Waals surface area contributed by atoms with Crippen molar-refractivity contribution < 1.29 is 4.74 Å². The van der Waals surface area contributed by atoms with Crippen molar-refractivity contribution in [1.82, 2.24) is 5.32 Å². The third kappa shape index (κ3) is 5.11. The first-order valence-corrected chi connectivity index (χ1v) is 9.50. The number of ether oxygens (including phenoxy) is 1. The van der Waals surface area contributed by atoms with E-state index in [4.69, 9.17) is 28.6 Å². The second kappa shape index (κ2) is 8.72. The van der Waals surface area contributed by atoms with Crippen molar-refractivity contribution in [3.05, 3.63) is 53.6 Å². The fraction of sp³-hybridized carbons (Fsp3) is 0.278. The zero-order valence-electron chi connectivity index (χ0n) is 13.1. The van der Waals surface area contributed by atoms with E-state index >= 15 is 0 Å². The fourth-order valence-corrected chi connectivity index (χ4v) is 3.69. The molecule has 6 heteroatoms. The lowest BCUT2D eigenvalue weighted by molar-refractivity contribution is 0.114. The van der Waals surface area contributed by atoms with Crippen LogP contribution in [0.15, 0.2) is 58.3 Å². The minimum atomic E-state index is 0.267. The van der Waals surface area contributed by atoms with Gasteiger partial charge in [-0.3, -0.25) is 0 Å². The van der Waals surface area contributed by atoms with Crippen molar-refractivity contribution in [2.45, 2.75) is 28.7 Å². The maximum absolute atomic E-state index is 5.95. The van der Waals surface area contributed by atoms with Crippen LogP contribution in [0.3, 0.4) is 0 Å². The lowest BCUT2D eigenvalue weighted by Crippen LogP contribution is -2.34. The van der Waals surface area contributed by atoms with Gasteiger partial charge in [0.25, 0.3) is 0 Å². The average molecular weight is 379 g/mol. The van der Waals surface area contributed by atoms with Gasteiger partial charge in [-0.15, -0.1) is 0 Å². The number of anilines is 1. The Labute approximate surface area is 157 Å². The molecule has 0 saturated carbocycles. The number of rotatable bonds is 5. The molecular formula is C18H19ClN2OS2. The number of halogens is 1. The van der Waals surface area contributed by atoms with Crippen molar-refractivity contribution in [1.29, 1.82) is 0 Å². The van der Waals surface area contributed by atoms with E-state index < -0.39 is 0 Å². The number of hydrogen-bond donors (Lipinski definition) is 2. The summed E-state index contributed by atoms with van der Waals surface area (Å²) >= 11 is 13.0. The first-order valence-electron chi connectivity index (χ1n) is 7.89. The smallest absolute Gasteiger partial charge is 0.170 e. The van der Waals surface area contributed by atoms with Gasteiger partial charge in [-0.25, -0.2) is 0 Å². The molecule has 1 heterocycles. The van der Waals surface area contributed by atoms with Gasteiger partial charge in [0.1, 0.15) is 0 Å². The van der Waals surface area contributed by atoms with Crippen LogP contribution in [0, 0.1) is 0 Å². The zero-order chi connectivity index (χ0) is 16.8. The molecule has 0 radical (unpaired) electrons. The molecule has 1 aliphatic heterocycles. The van der Waals surface area contributed by atoms with Crippen LogP contribution in [0.1, 0.15) is 12.8 Å². The maximum Gasteiger partial charge on any atom is 0.170 e. The fourth-order valence-electron chi connectivity index (χ4n) is 2.47. The van der Waals surface area contributed by atoms with Crippen LogP contribution in [0.25, 0.3) is 0 Å². The van der Waals surface area contributed by atoms with E-state index in [2.05, 4.69) is 16.7 Å². The lowest BCUT2D eigenvalue weighted by atomic mass is 10.2. The molecule has 0 aliphatic carbocycles. The van der Waals surface area contributed by atoms with Gasteiger partial charge in [0.15, 0.2) is 5.11 Å². The van der Waals surface area contributed by atoms with Crippen molar-refractivity contribution in [3.63, 3.8) is 0 Å². The molecule has 0 aromatic heterocycles. The van der Waals surface area contributed by atoms with Crippen LogP contribution in [0.5, 0.6) is 0 Å². The van der Waals surface area contributed by atoms with Gasteiger partial charge >= 0.3 is 0 Å². The first-order chi connectivity index (χ1) is 11.7. The second-order valence-electron chi connectivity index (χ2n) is 5.52. The largest absolute Gasteiger partial charge is 0.376 e. The summed E-state index contributed by atoms with van der Waals surface area (Å²) in [6.45, 7) is 1.60. The highest BCUT2D eigenvalue weighted by Gasteiger charge is 2.15. The molecule has 0 unspecified atom stereocenters. The molecule has 1 atom stereocenters. The normalized spacial score (nSPS) is 16.8. The molecule has 0 amide bonds. The number of hydrogen-bond acceptors (Lipinski definition) is 3. The highest BCUT2D eigenvalue weighted by molar-refractivity contribution is 7.99. The van der Waals surface area contributed by atoms with E-state index in [0.717, 1.165) is 46.5 Å². The third-order valence-corrected chi connectivity index (χ3v) is 5.27. The molecule has 1 aliphatic rings. The maximum atomic E-state index is 5.95. The van der Waals surface area contributed by atoms with E-state index in [-0.39, 0.29) is 6.10 Å². The van der Waals surface area contributed by atoms with Crippen LogP contribution in [0.4, 0.5) is 5.69 Å². The van der Waals surface area contributed by atoms with Gasteiger partial charge in [-0.05, 0) is 61.5 Å². The summed E-state index contributed by atoms with van der Waals surface area (Å²) in [7, 11) is 0. The average Bonchev–Trinajstić information content (AvgIpc) is 3.10. The van der Waals surface area contributed by atoms with Crippen LogP contribution >= 0.6 is 35.6 Å². The van der Waals surface area contributed by atoms with Gasteiger partial charge in [0.05, 0.1) is 11.8 Å². The van der Waals surface area contributed by atoms with E-state index in [1.54, 1.807) is 11.8 Å². The standard InChI is InChI=1S/C18H19ClN2OS2/c19-13-7-9-15(10-8-13)24-17-6-2-1-5-16(17)21-18(23)20-12-14-4-3-11-22-14/h1-2,5-10,14H,3-4,11-12H2,(H2,20,21,23)/t14-/m0/s1. The van der Waals surface area contributed by atoms with Crippen LogP contribution in [-0.4, -0.2) is 24.4 Å². The topological polar surface area (TPSA) is 33.3 Å². The number of para-hydroxylation sites is 1. The molecule has 1 saturated heterocycles. The Bertz CT molecular complexity index is 688. The molecule has 0 bridgehead atoms. The minimum Gasteiger partial charge on any atom is -0.376 e. The summed E-state index contributed by atoms with van der Waals surface area (Å²) in [6.07, 6.45) is 2.49. The van der Waals surface area contributed by atoms with Gasteiger partial charge in [0.2, 0.25) is 0 Å². The van der Waals surface area contributed by atoms with Gasteiger partial charge < -0.3 is 15.4 Å². The molecule has 3 nitrogen and oxygen atoms in total. The summed E-state index contributed by atoms with van der Waals surface area (Å²) in [4.78, 5) is 2.24. The predicted molar refractivity (Wildman–Crippen MR) is 105 cm³/mol. The Morgan fingerprint density at radius 1 is 1.21 bits per heavy atom. The van der Waals surface area contributed by atoms with Crippen molar-refractivity contribution >= 4 is 46.4 Å². The zero-order valence-corrected chi connectivity index (χ0v) is 15.5. The monoisotopic (exact) mass is 378 g/mol. The van der Waals surface area contributed by atoms with E-state index in [1.807, 2.05) is 42.5 Å². The predicted octanol–water partition coefficient (Wildman–Crippen LogP) is 4.96. The van der Waals surface area contributed by atoms with Gasteiger partial charge in [0, 0.05) is 28.0 Å². The lowest BCUT2D eigenvalue weighted by Gasteiger charge is -2.16. The quantitative estimate of drug-likeness (QED) is 0.719. The summed E-state index contributed by atoms with van der Waals surface area (Å²) < 4.78 is 5.60. The Hall–Kier alpha value is -1.27. The number of benzene rings is 2. The summed E-state index contributed by atoms with van der Waals surface area (Å²) in [6, 6.07) is 15.9. The summed E-state index contributed by atoms with van der Waals surface area (Å²) in [5.41, 5.74) is 0.988. The van der Waals surface area contributed by atoms with Crippen LogP contribution < -0.4 is 10.6 Å². The highest BCUT2D eigenvalue weighted by atomic mass is 35.5. The highest BCUT2D eigenvalue weighted by Crippen LogP contribution is 2.33. The van der Waals surface area contributed by atoms with Gasteiger partial charge in [-0.2, -0.15) is 0 Å². The Morgan fingerprint density at radius 2 is 2.00 bits per heavy atom. The van der Waals surface area contributed by atoms with Crippen molar-refractivity contribution in [3.8, 4) is 0 Å². The Kier molecular flexibility index (Phi) is 6.37. The Balaban J connectivity index is 1.60. The molecule has 24 heavy (non-hydrogen) atoms. The minimum absolute atomic E-state index is 0.267. The molecular weight excluding hydrogens is 360 g/mol. The molecule has 126 valence electrons. The van der Waals surface area contributed by atoms with Gasteiger partial charge in [-0.1, -0.05) is 35.5 Å². The molecule has 0 spiro atoms. The van der Waals surface area contributed by atoms with E-state index in [9.17, 15) is 0 Å². The van der Waals surface area contributed by atoms with Crippen molar-refractivity contribution in [2.75, 3.05) is 18.5 Å². The van der Waals surface area contributed by atoms with Crippen LogP contribution in [0.2, 0.25) is 5.02 Å². The van der Waals surface area contributed by atoms with E-state index in [0.29, 0.717) is 5.11 Å². The number of thiocarbonyl (C=S) groups is 1. The number of nitrogens with one attached hydrogen (secondary N) is 2. The molecule has 2 N–H and O–H groups in total. The molecule has 3 rings (SSSR count). The first kappa shape index (κ1) is 17.5. The molecule has 2 aromatic rings. The third-order valence-electron chi connectivity index (χ3n) is 3.69. The second-order valence-corrected chi connectivity index (χ2v) is 7.48. The van der Waals surface area contributed by atoms with E-state index in [1.165, 1.54) is 0 Å². The Morgan fingerprint density at radius 3 is 2.75 bits per heavy atom. The molecule has 1 fully saturated rings. The summed E-state index contributed by atoms with van der Waals surface area (Å²) in [5, 5.41) is 7.89. The summed E-state index contributed by atoms with van der Waals surface area (Å²) in [5.74, 6) is 0. The van der Waals surface area contributed by atoms with Crippen molar-refractivity contribution in [2.24, 2.45) is 0 Å².